The molecule has 0 aromatic heterocycles. The van der Waals surface area contributed by atoms with Gasteiger partial charge >= 0.3 is 6.09 Å². The molecule has 0 saturated carbocycles. The van der Waals surface area contributed by atoms with Crippen molar-refractivity contribution in [2.75, 3.05) is 6.61 Å². The van der Waals surface area contributed by atoms with Gasteiger partial charge in [0, 0.05) is 6.42 Å². The molecule has 0 aliphatic carbocycles. The first-order chi connectivity index (χ1) is 8.79. The first kappa shape index (κ1) is 12.4. The second-order valence-electron chi connectivity index (χ2n) is 4.01. The van der Waals surface area contributed by atoms with Crippen LogP contribution in [0.2, 0.25) is 0 Å². The maximum Gasteiger partial charge on any atom is 0.425 e. The molecule has 1 aliphatic rings. The quantitative estimate of drug-likeness (QED) is 0.787. The van der Waals surface area contributed by atoms with Crippen LogP contribution in [0.15, 0.2) is 35.3 Å². The van der Waals surface area contributed by atoms with Crippen molar-refractivity contribution in [3.8, 4) is 0 Å². The molecule has 0 fully saturated rings. The molecule has 5 nitrogen and oxygen atoms in total. The number of benzene rings is 1. The number of nitrogens with zero attached hydrogens (tertiary/aromatic N) is 1. The lowest BCUT2D eigenvalue weighted by Crippen LogP contribution is -2.41. The summed E-state index contributed by atoms with van der Waals surface area (Å²) in [4.78, 5) is 15.6. The molecule has 5 heteroatoms. The van der Waals surface area contributed by atoms with Crippen LogP contribution in [0, 0.1) is 0 Å². The number of aliphatic imine (C=N–C) groups is 1. The average Bonchev–Trinajstić information content (AvgIpc) is 2.87. The van der Waals surface area contributed by atoms with Crippen LogP contribution in [0.3, 0.4) is 0 Å². The van der Waals surface area contributed by atoms with Crippen molar-refractivity contribution in [2.45, 2.75) is 25.8 Å². The van der Waals surface area contributed by atoms with Crippen molar-refractivity contribution < 1.29 is 9.53 Å². The number of hydrogen-bond donors (Lipinski definition) is 2. The van der Waals surface area contributed by atoms with Gasteiger partial charge in [0.2, 0.25) is 0 Å². The standard InChI is InChI=1S/C13H17N3O2/c1-2-18-13(17)16-15-12-9-8-11(14-12)10-6-4-3-5-7-10/h3-7,11H,2,8-9H2,1H3,(H,14,15)(H,16,17). The highest BCUT2D eigenvalue weighted by Crippen LogP contribution is 2.27. The molecule has 18 heavy (non-hydrogen) atoms. The molecule has 1 amide bonds. The van der Waals surface area contributed by atoms with Crippen molar-refractivity contribution >= 4 is 11.9 Å². The van der Waals surface area contributed by atoms with E-state index in [-0.39, 0.29) is 6.04 Å². The lowest BCUT2D eigenvalue weighted by atomic mass is 10.1. The summed E-state index contributed by atoms with van der Waals surface area (Å²) in [5.74, 6) is 0.789. The van der Waals surface area contributed by atoms with Crippen molar-refractivity contribution in [1.82, 2.24) is 10.9 Å². The molecule has 2 rings (SSSR count). The Bertz CT molecular complexity index is 431. The van der Waals surface area contributed by atoms with Crippen molar-refractivity contribution in [3.05, 3.63) is 35.9 Å². The van der Waals surface area contributed by atoms with Gasteiger partial charge in [-0.05, 0) is 18.9 Å². The summed E-state index contributed by atoms with van der Waals surface area (Å²) in [6, 6.07) is 10.3. The summed E-state index contributed by atoms with van der Waals surface area (Å²) in [5.41, 5.74) is 6.45. The summed E-state index contributed by atoms with van der Waals surface area (Å²) in [5, 5.41) is 0. The first-order valence-corrected chi connectivity index (χ1v) is 6.10. The summed E-state index contributed by atoms with van der Waals surface area (Å²) >= 11 is 0. The first-order valence-electron chi connectivity index (χ1n) is 6.10. The number of nitrogens with one attached hydrogen (secondary N) is 2. The lowest BCUT2D eigenvalue weighted by molar-refractivity contribution is 0.150. The Labute approximate surface area is 106 Å². The molecule has 0 bridgehead atoms. The predicted molar refractivity (Wildman–Crippen MR) is 69.1 cm³/mol. The number of ether oxygens (including phenoxy) is 1. The van der Waals surface area contributed by atoms with Crippen LogP contribution >= 0.6 is 0 Å². The molecule has 2 N–H and O–H groups in total. The zero-order valence-corrected chi connectivity index (χ0v) is 10.3. The van der Waals surface area contributed by atoms with E-state index in [0.29, 0.717) is 6.61 Å². The fourth-order valence-electron chi connectivity index (χ4n) is 1.89. The second kappa shape index (κ2) is 6.05. The zero-order valence-electron chi connectivity index (χ0n) is 10.3. The van der Waals surface area contributed by atoms with E-state index in [1.165, 1.54) is 5.56 Å². The second-order valence-corrected chi connectivity index (χ2v) is 4.01. The van der Waals surface area contributed by atoms with Gasteiger partial charge in [0.15, 0.2) is 0 Å². The highest BCUT2D eigenvalue weighted by molar-refractivity contribution is 5.85. The fraction of sp³-hybridized carbons (Fsp3) is 0.385. The molecule has 1 heterocycles. The monoisotopic (exact) mass is 247 g/mol. The third-order valence-electron chi connectivity index (χ3n) is 2.73. The average molecular weight is 247 g/mol. The molecule has 0 radical (unpaired) electrons. The van der Waals surface area contributed by atoms with E-state index in [9.17, 15) is 4.79 Å². The molecule has 96 valence electrons. The van der Waals surface area contributed by atoms with Crippen LogP contribution in [0.1, 0.15) is 31.4 Å². The van der Waals surface area contributed by atoms with Gasteiger partial charge < -0.3 is 4.74 Å². The molecule has 1 aromatic carbocycles. The third kappa shape index (κ3) is 3.23. The Morgan fingerprint density at radius 3 is 2.94 bits per heavy atom. The Kier molecular flexibility index (Phi) is 4.17. The van der Waals surface area contributed by atoms with Gasteiger partial charge in [-0.15, -0.1) is 0 Å². The van der Waals surface area contributed by atoms with Crippen LogP contribution in [-0.4, -0.2) is 18.5 Å². The van der Waals surface area contributed by atoms with Crippen molar-refractivity contribution in [3.63, 3.8) is 0 Å². The summed E-state index contributed by atoms with van der Waals surface area (Å²) < 4.78 is 4.75. The van der Waals surface area contributed by atoms with Crippen molar-refractivity contribution in [2.24, 2.45) is 4.99 Å². The number of carbonyl (C=O) groups is 1. The molecule has 1 unspecified atom stereocenters. The number of hydrogen-bond acceptors (Lipinski definition) is 4. The minimum absolute atomic E-state index is 0.178. The molecule has 1 aromatic rings. The third-order valence-corrected chi connectivity index (χ3v) is 2.73. The number of amidine groups is 1. The fourth-order valence-corrected chi connectivity index (χ4v) is 1.89. The van der Waals surface area contributed by atoms with Gasteiger partial charge in [0.05, 0.1) is 12.6 Å². The zero-order chi connectivity index (χ0) is 12.8. The van der Waals surface area contributed by atoms with Crippen LogP contribution in [0.25, 0.3) is 0 Å². The van der Waals surface area contributed by atoms with Gasteiger partial charge in [-0.3, -0.25) is 10.4 Å². The molecule has 0 saturated heterocycles. The summed E-state index contributed by atoms with van der Waals surface area (Å²) in [7, 11) is 0. The van der Waals surface area contributed by atoms with E-state index in [4.69, 9.17) is 4.74 Å². The lowest BCUT2D eigenvalue weighted by Gasteiger charge is -2.07. The Morgan fingerprint density at radius 2 is 2.22 bits per heavy atom. The Hall–Kier alpha value is -2.04. The number of carbonyl (C=O) groups excluding carboxylic acids is 1. The number of hydrazine groups is 1. The summed E-state index contributed by atoms with van der Waals surface area (Å²) in [6.45, 7) is 2.12. The molecular weight excluding hydrogens is 230 g/mol. The van der Waals surface area contributed by atoms with Gasteiger partial charge in [-0.2, -0.15) is 0 Å². The molecule has 1 atom stereocenters. The maximum absolute atomic E-state index is 11.1. The molecule has 1 aliphatic heterocycles. The number of amides is 1. The van der Waals surface area contributed by atoms with Gasteiger partial charge in [0.1, 0.15) is 5.84 Å². The summed E-state index contributed by atoms with van der Waals surface area (Å²) in [6.07, 6.45) is 1.30. The predicted octanol–water partition coefficient (Wildman–Crippen LogP) is 2.17. The smallest absolute Gasteiger partial charge is 0.425 e. The number of rotatable bonds is 2. The topological polar surface area (TPSA) is 62.7 Å². The highest BCUT2D eigenvalue weighted by Gasteiger charge is 2.19. The Balaban J connectivity index is 1.87. The molecular formula is C13H17N3O2. The minimum Gasteiger partial charge on any atom is -0.449 e. The van der Waals surface area contributed by atoms with Crippen molar-refractivity contribution in [1.29, 1.82) is 0 Å². The molecule has 0 spiro atoms. The van der Waals surface area contributed by atoms with E-state index in [1.807, 2.05) is 18.2 Å². The van der Waals surface area contributed by atoms with E-state index >= 15 is 0 Å². The normalized spacial score (nSPS) is 18.1. The van der Waals surface area contributed by atoms with E-state index in [1.54, 1.807) is 6.92 Å². The highest BCUT2D eigenvalue weighted by atomic mass is 16.5. The minimum atomic E-state index is -0.483. The van der Waals surface area contributed by atoms with Gasteiger partial charge in [-0.1, -0.05) is 30.3 Å². The Morgan fingerprint density at radius 1 is 1.44 bits per heavy atom. The maximum atomic E-state index is 11.1. The van der Waals surface area contributed by atoms with Gasteiger partial charge in [0.25, 0.3) is 0 Å². The van der Waals surface area contributed by atoms with E-state index < -0.39 is 6.09 Å². The van der Waals surface area contributed by atoms with E-state index in [2.05, 4.69) is 28.0 Å². The van der Waals surface area contributed by atoms with Crippen LogP contribution < -0.4 is 10.9 Å². The van der Waals surface area contributed by atoms with Gasteiger partial charge in [-0.25, -0.2) is 10.2 Å². The largest absolute Gasteiger partial charge is 0.449 e. The van der Waals surface area contributed by atoms with E-state index in [0.717, 1.165) is 18.7 Å². The van der Waals surface area contributed by atoms with Crippen LogP contribution in [0.4, 0.5) is 4.79 Å². The van der Waals surface area contributed by atoms with Crippen LogP contribution in [0.5, 0.6) is 0 Å². The van der Waals surface area contributed by atoms with Crippen LogP contribution in [-0.2, 0) is 4.74 Å². The SMILES string of the molecule is CCOC(=O)NNC1=NC(c2ccccc2)CC1.